The van der Waals surface area contributed by atoms with Gasteiger partial charge in [0.25, 0.3) is 0 Å². The summed E-state index contributed by atoms with van der Waals surface area (Å²) in [7, 11) is 0. The molecule has 0 aliphatic carbocycles. The van der Waals surface area contributed by atoms with Gasteiger partial charge in [-0.05, 0) is 51.8 Å². The number of hydrogen-bond acceptors (Lipinski definition) is 5. The Kier molecular flexibility index (Phi) is 5.11. The highest BCUT2D eigenvalue weighted by Gasteiger charge is 2.26. The van der Waals surface area contributed by atoms with Crippen molar-refractivity contribution in [2.75, 3.05) is 5.73 Å². The zero-order chi connectivity index (χ0) is 18.9. The molecule has 0 radical (unpaired) electrons. The number of rotatable bonds is 5. The summed E-state index contributed by atoms with van der Waals surface area (Å²) in [4.78, 5) is 39.5. The van der Waals surface area contributed by atoms with Crippen molar-refractivity contribution in [3.8, 4) is 0 Å². The van der Waals surface area contributed by atoms with E-state index in [1.54, 1.807) is 39.0 Å². The van der Waals surface area contributed by atoms with Crippen LogP contribution in [0.2, 0.25) is 0 Å². The summed E-state index contributed by atoms with van der Waals surface area (Å²) in [6.07, 6.45) is -1.01. The molecule has 132 valence electrons. The third-order valence-corrected chi connectivity index (χ3v) is 4.23. The van der Waals surface area contributed by atoms with E-state index in [4.69, 9.17) is 10.5 Å². The van der Waals surface area contributed by atoms with Gasteiger partial charge in [0.15, 0.2) is 11.9 Å². The van der Waals surface area contributed by atoms with Gasteiger partial charge in [0.1, 0.15) is 0 Å². The Bertz CT molecular complexity index is 865. The Labute approximate surface area is 146 Å². The molecule has 1 aromatic carbocycles. The summed E-state index contributed by atoms with van der Waals surface area (Å²) in [5.41, 5.74) is 9.17. The standard InChI is InChI=1S/C19H22N2O4/c1-9-7-6-8-14(16(9)20)19(24)25-13(5)18(23)17-10(2)15(12(4)22)11(3)21-17/h6-8,13,21H,20H2,1-5H3/t13-/m0/s1. The van der Waals surface area contributed by atoms with E-state index in [2.05, 4.69) is 4.98 Å². The lowest BCUT2D eigenvalue weighted by molar-refractivity contribution is 0.0318. The van der Waals surface area contributed by atoms with Gasteiger partial charge in [-0.3, -0.25) is 9.59 Å². The number of nitrogens with two attached hydrogens (primary N) is 1. The number of aromatic nitrogens is 1. The maximum absolute atomic E-state index is 12.6. The fourth-order valence-electron chi connectivity index (χ4n) is 2.86. The number of carbonyl (C=O) groups excluding carboxylic acids is 3. The van der Waals surface area contributed by atoms with Crippen LogP contribution in [0, 0.1) is 20.8 Å². The Balaban J connectivity index is 2.24. The largest absolute Gasteiger partial charge is 0.451 e. The first-order valence-corrected chi connectivity index (χ1v) is 7.95. The summed E-state index contributed by atoms with van der Waals surface area (Å²) < 4.78 is 5.28. The van der Waals surface area contributed by atoms with E-state index in [1.807, 2.05) is 0 Å². The highest BCUT2D eigenvalue weighted by atomic mass is 16.5. The molecule has 0 aliphatic heterocycles. The monoisotopic (exact) mass is 342 g/mol. The second-order valence-electron chi connectivity index (χ2n) is 6.13. The molecule has 0 bridgehead atoms. The quantitative estimate of drug-likeness (QED) is 0.494. The van der Waals surface area contributed by atoms with Gasteiger partial charge in [0.2, 0.25) is 5.78 Å². The molecule has 6 nitrogen and oxygen atoms in total. The van der Waals surface area contributed by atoms with Crippen LogP contribution >= 0.6 is 0 Å². The molecule has 0 saturated heterocycles. The molecule has 0 spiro atoms. The number of hydrogen-bond donors (Lipinski definition) is 2. The highest BCUT2D eigenvalue weighted by Crippen LogP contribution is 2.22. The second-order valence-corrected chi connectivity index (χ2v) is 6.13. The summed E-state index contributed by atoms with van der Waals surface area (Å²) in [5.74, 6) is -1.18. The zero-order valence-corrected chi connectivity index (χ0v) is 15.0. The van der Waals surface area contributed by atoms with Gasteiger partial charge in [-0.25, -0.2) is 4.79 Å². The summed E-state index contributed by atoms with van der Waals surface area (Å²) in [5, 5.41) is 0. The molecule has 2 rings (SSSR count). The van der Waals surface area contributed by atoms with Crippen LogP contribution < -0.4 is 5.73 Å². The molecular weight excluding hydrogens is 320 g/mol. The molecule has 2 aromatic rings. The van der Waals surface area contributed by atoms with Crippen molar-refractivity contribution in [2.45, 2.75) is 40.7 Å². The van der Waals surface area contributed by atoms with E-state index in [9.17, 15) is 14.4 Å². The smallest absolute Gasteiger partial charge is 0.340 e. The summed E-state index contributed by atoms with van der Waals surface area (Å²) >= 11 is 0. The van der Waals surface area contributed by atoms with Gasteiger partial charge in [-0.15, -0.1) is 0 Å². The number of ether oxygens (including phenoxy) is 1. The second kappa shape index (κ2) is 6.93. The third-order valence-electron chi connectivity index (χ3n) is 4.23. The van der Waals surface area contributed by atoms with Crippen LogP contribution in [0.3, 0.4) is 0 Å². The van der Waals surface area contributed by atoms with Crippen LogP contribution in [0.15, 0.2) is 18.2 Å². The molecule has 3 N–H and O–H groups in total. The molecule has 25 heavy (non-hydrogen) atoms. The molecule has 1 heterocycles. The summed E-state index contributed by atoms with van der Waals surface area (Å²) in [6, 6.07) is 5.04. The molecule has 0 fully saturated rings. The Morgan fingerprint density at radius 3 is 2.36 bits per heavy atom. The number of para-hydroxylation sites is 1. The first kappa shape index (κ1) is 18.4. The Hall–Kier alpha value is -2.89. The van der Waals surface area contributed by atoms with Gasteiger partial charge in [0, 0.05) is 16.9 Å². The molecule has 1 atom stereocenters. The number of Topliss-reactive ketones (excluding diaryl/α,β-unsaturated/α-hetero) is 2. The van der Waals surface area contributed by atoms with Gasteiger partial charge >= 0.3 is 5.97 Å². The number of H-pyrrole nitrogens is 1. The van der Waals surface area contributed by atoms with Crippen LogP contribution in [0.25, 0.3) is 0 Å². The average Bonchev–Trinajstić information content (AvgIpc) is 2.83. The van der Waals surface area contributed by atoms with E-state index >= 15 is 0 Å². The number of aryl methyl sites for hydroxylation is 2. The van der Waals surface area contributed by atoms with Crippen LogP contribution in [-0.4, -0.2) is 28.6 Å². The minimum Gasteiger partial charge on any atom is -0.451 e. The number of esters is 1. The zero-order valence-electron chi connectivity index (χ0n) is 15.0. The average molecular weight is 342 g/mol. The first-order chi connectivity index (χ1) is 11.6. The minimum absolute atomic E-state index is 0.123. The molecular formula is C19H22N2O4. The van der Waals surface area contributed by atoms with Gasteiger partial charge < -0.3 is 15.5 Å². The molecule has 0 aliphatic rings. The summed E-state index contributed by atoms with van der Waals surface area (Å²) in [6.45, 7) is 8.15. The van der Waals surface area contributed by atoms with Crippen molar-refractivity contribution in [3.05, 3.63) is 51.8 Å². The fraction of sp³-hybridized carbons (Fsp3) is 0.316. The van der Waals surface area contributed by atoms with E-state index in [0.29, 0.717) is 22.5 Å². The van der Waals surface area contributed by atoms with Crippen LogP contribution in [-0.2, 0) is 4.74 Å². The number of anilines is 1. The molecule has 1 aromatic heterocycles. The van der Waals surface area contributed by atoms with Crippen molar-refractivity contribution < 1.29 is 19.1 Å². The lowest BCUT2D eigenvalue weighted by Gasteiger charge is -2.14. The predicted molar refractivity (Wildman–Crippen MR) is 95.1 cm³/mol. The number of nitrogen functional groups attached to an aromatic ring is 1. The number of benzene rings is 1. The maximum Gasteiger partial charge on any atom is 0.340 e. The van der Waals surface area contributed by atoms with Crippen LogP contribution in [0.5, 0.6) is 0 Å². The first-order valence-electron chi connectivity index (χ1n) is 7.95. The van der Waals surface area contributed by atoms with Gasteiger partial charge in [-0.2, -0.15) is 0 Å². The molecule has 0 unspecified atom stereocenters. The van der Waals surface area contributed by atoms with Gasteiger partial charge in [0.05, 0.1) is 11.3 Å². The van der Waals surface area contributed by atoms with E-state index < -0.39 is 17.9 Å². The number of aromatic amines is 1. The van der Waals surface area contributed by atoms with Gasteiger partial charge in [-0.1, -0.05) is 12.1 Å². The maximum atomic E-state index is 12.6. The Morgan fingerprint density at radius 1 is 1.16 bits per heavy atom. The molecule has 6 heteroatoms. The third kappa shape index (κ3) is 3.47. The van der Waals surface area contributed by atoms with Crippen molar-refractivity contribution in [3.63, 3.8) is 0 Å². The normalized spacial score (nSPS) is 11.9. The Morgan fingerprint density at radius 2 is 1.80 bits per heavy atom. The van der Waals surface area contributed by atoms with Crippen molar-refractivity contribution in [2.24, 2.45) is 0 Å². The molecule has 0 amide bonds. The van der Waals surface area contributed by atoms with Crippen molar-refractivity contribution in [1.29, 1.82) is 0 Å². The number of ketones is 2. The topological polar surface area (TPSA) is 102 Å². The lowest BCUT2D eigenvalue weighted by atomic mass is 10.0. The minimum atomic E-state index is -1.01. The SMILES string of the molecule is CC(=O)c1c(C)[nH]c(C(=O)[C@H](C)OC(=O)c2cccc(C)c2N)c1C. The molecule has 0 saturated carbocycles. The van der Waals surface area contributed by atoms with E-state index in [0.717, 1.165) is 5.56 Å². The van der Waals surface area contributed by atoms with E-state index in [-0.39, 0.29) is 17.0 Å². The van der Waals surface area contributed by atoms with Crippen molar-refractivity contribution >= 4 is 23.2 Å². The number of carbonyl (C=O) groups is 3. The lowest BCUT2D eigenvalue weighted by Crippen LogP contribution is -2.26. The fourth-order valence-corrected chi connectivity index (χ4v) is 2.86. The number of nitrogens with one attached hydrogen (secondary N) is 1. The van der Waals surface area contributed by atoms with Crippen LogP contribution in [0.4, 0.5) is 5.69 Å². The highest BCUT2D eigenvalue weighted by molar-refractivity contribution is 6.06. The predicted octanol–water partition coefficient (Wildman–Crippen LogP) is 3.15. The van der Waals surface area contributed by atoms with Crippen molar-refractivity contribution in [1.82, 2.24) is 4.98 Å². The van der Waals surface area contributed by atoms with Crippen LogP contribution in [0.1, 0.15) is 61.9 Å². The van der Waals surface area contributed by atoms with E-state index in [1.165, 1.54) is 13.8 Å².